The first-order valence-corrected chi connectivity index (χ1v) is 12.6. The molecule has 14 heteroatoms. The summed E-state index contributed by atoms with van der Waals surface area (Å²) < 4.78 is 23.9. The highest BCUT2D eigenvalue weighted by Crippen LogP contribution is 2.34. The second-order valence-corrected chi connectivity index (χ2v) is 9.37. The normalized spacial score (nSPS) is 13.7. The molecule has 0 radical (unpaired) electrons. The van der Waals surface area contributed by atoms with Crippen LogP contribution in [0.1, 0.15) is 5.56 Å². The fourth-order valence-electron chi connectivity index (χ4n) is 3.60. The minimum Gasteiger partial charge on any atom is -0.493 e. The summed E-state index contributed by atoms with van der Waals surface area (Å²) in [4.78, 5) is 61.0. The number of methoxy groups -OCH3 is 1. The predicted octanol–water partition coefficient (Wildman–Crippen LogP) is 4.44. The van der Waals surface area contributed by atoms with E-state index >= 15 is 0 Å². The fraction of sp³-hybridized carbons (Fsp3) is 0.111. The number of rotatable bonds is 10. The molecule has 1 aliphatic heterocycles. The molecule has 0 spiro atoms. The topological polar surface area (TPSA) is 157 Å². The maximum absolute atomic E-state index is 13.1. The highest BCUT2D eigenvalue weighted by molar-refractivity contribution is 8.18. The van der Waals surface area contributed by atoms with Gasteiger partial charge >= 0.3 is 0 Å². The number of nitro groups is 1. The molecule has 1 fully saturated rings. The molecule has 0 atom stereocenters. The van der Waals surface area contributed by atoms with Gasteiger partial charge in [-0.1, -0.05) is 12.1 Å². The molecule has 0 saturated carbocycles. The third kappa shape index (κ3) is 7.45. The summed E-state index contributed by atoms with van der Waals surface area (Å²) in [5.41, 5.74) is 0.857. The van der Waals surface area contributed by atoms with Gasteiger partial charge in [0.2, 0.25) is 5.91 Å². The summed E-state index contributed by atoms with van der Waals surface area (Å²) in [5.74, 6) is -1.87. The van der Waals surface area contributed by atoms with Crippen molar-refractivity contribution in [1.29, 1.82) is 0 Å². The molecule has 2 N–H and O–H groups in total. The van der Waals surface area contributed by atoms with Crippen molar-refractivity contribution in [3.63, 3.8) is 0 Å². The second-order valence-electron chi connectivity index (χ2n) is 8.38. The number of non-ortho nitro benzene ring substituents is 1. The lowest BCUT2D eigenvalue weighted by atomic mass is 10.2. The van der Waals surface area contributed by atoms with Gasteiger partial charge in [0.05, 0.1) is 16.9 Å². The van der Waals surface area contributed by atoms with Crippen LogP contribution in [0.2, 0.25) is 0 Å². The van der Waals surface area contributed by atoms with Crippen LogP contribution in [0, 0.1) is 15.9 Å². The second kappa shape index (κ2) is 12.7. The first-order chi connectivity index (χ1) is 19.6. The number of hydrogen-bond acceptors (Lipinski definition) is 9. The number of carbonyl (C=O) groups excluding carboxylic acids is 4. The summed E-state index contributed by atoms with van der Waals surface area (Å²) in [7, 11) is 1.38. The number of hydrogen-bond donors (Lipinski definition) is 2. The van der Waals surface area contributed by atoms with Gasteiger partial charge in [0.25, 0.3) is 22.7 Å². The average Bonchev–Trinajstić information content (AvgIpc) is 3.20. The first kappa shape index (κ1) is 28.8. The molecule has 1 heterocycles. The zero-order valence-corrected chi connectivity index (χ0v) is 22.1. The quantitative estimate of drug-likeness (QED) is 0.201. The number of ether oxygens (including phenoxy) is 2. The number of carbonyl (C=O) groups is 4. The molecule has 210 valence electrons. The standard InChI is InChI=1S/C27H21FN4O8S/c1-39-22-11-16(5-10-21(22)40-15-25(34)30-19-3-2-4-20(13-19)32(37)38)12-23-26(35)31(27(36)41-23)14-24(33)29-18-8-6-17(28)7-9-18/h2-13H,14-15H2,1H3,(H,29,33)(H,30,34)/b23-12-. The van der Waals surface area contributed by atoms with E-state index in [2.05, 4.69) is 10.6 Å². The molecular formula is C27H21FN4O8S. The van der Waals surface area contributed by atoms with Crippen LogP contribution in [-0.4, -0.2) is 53.0 Å². The number of nitrogens with one attached hydrogen (secondary N) is 2. The molecule has 12 nitrogen and oxygen atoms in total. The molecule has 0 bridgehead atoms. The van der Waals surface area contributed by atoms with Crippen molar-refractivity contribution in [3.05, 3.63) is 93.1 Å². The molecular weight excluding hydrogens is 559 g/mol. The van der Waals surface area contributed by atoms with E-state index in [0.29, 0.717) is 23.0 Å². The number of thioether (sulfide) groups is 1. The van der Waals surface area contributed by atoms with Crippen molar-refractivity contribution in [1.82, 2.24) is 4.90 Å². The van der Waals surface area contributed by atoms with Gasteiger partial charge in [0, 0.05) is 23.5 Å². The van der Waals surface area contributed by atoms with Gasteiger partial charge in [0.15, 0.2) is 18.1 Å². The van der Waals surface area contributed by atoms with Crippen molar-refractivity contribution in [3.8, 4) is 11.5 Å². The summed E-state index contributed by atoms with van der Waals surface area (Å²) >= 11 is 0.664. The van der Waals surface area contributed by atoms with Gasteiger partial charge < -0.3 is 20.1 Å². The zero-order valence-electron chi connectivity index (χ0n) is 21.3. The van der Waals surface area contributed by atoms with Crippen molar-refractivity contribution in [2.75, 3.05) is 30.9 Å². The number of anilines is 2. The maximum Gasteiger partial charge on any atom is 0.294 e. The molecule has 0 unspecified atom stereocenters. The van der Waals surface area contributed by atoms with E-state index in [4.69, 9.17) is 9.47 Å². The van der Waals surface area contributed by atoms with Crippen LogP contribution in [0.15, 0.2) is 71.6 Å². The molecule has 41 heavy (non-hydrogen) atoms. The lowest BCUT2D eigenvalue weighted by Crippen LogP contribution is -2.36. The molecule has 4 rings (SSSR count). The van der Waals surface area contributed by atoms with Gasteiger partial charge in [0.1, 0.15) is 12.4 Å². The summed E-state index contributed by atoms with van der Waals surface area (Å²) in [5, 5.41) is 15.3. The number of benzene rings is 3. The molecule has 0 aliphatic carbocycles. The van der Waals surface area contributed by atoms with Crippen molar-refractivity contribution < 1.29 is 38.0 Å². The Labute approximate surface area is 236 Å². The zero-order chi connectivity index (χ0) is 29.5. The van der Waals surface area contributed by atoms with E-state index in [-0.39, 0.29) is 27.8 Å². The first-order valence-electron chi connectivity index (χ1n) is 11.8. The highest BCUT2D eigenvalue weighted by Gasteiger charge is 2.36. The lowest BCUT2D eigenvalue weighted by molar-refractivity contribution is -0.384. The predicted molar refractivity (Wildman–Crippen MR) is 148 cm³/mol. The number of nitro benzene ring substituents is 1. The lowest BCUT2D eigenvalue weighted by Gasteiger charge is -2.12. The van der Waals surface area contributed by atoms with Crippen molar-refractivity contribution in [2.45, 2.75) is 0 Å². The third-order valence-corrected chi connectivity index (χ3v) is 6.40. The van der Waals surface area contributed by atoms with E-state index in [1.54, 1.807) is 6.07 Å². The Morgan fingerprint density at radius 2 is 1.73 bits per heavy atom. The molecule has 3 aromatic rings. The van der Waals surface area contributed by atoms with E-state index in [1.165, 1.54) is 61.7 Å². The fourth-order valence-corrected chi connectivity index (χ4v) is 4.43. The van der Waals surface area contributed by atoms with Crippen molar-refractivity contribution >= 4 is 57.9 Å². The van der Waals surface area contributed by atoms with Gasteiger partial charge in [-0.15, -0.1) is 0 Å². The largest absolute Gasteiger partial charge is 0.493 e. The van der Waals surface area contributed by atoms with Crippen LogP contribution in [0.3, 0.4) is 0 Å². The number of amides is 4. The van der Waals surface area contributed by atoms with Gasteiger partial charge in [-0.3, -0.25) is 34.2 Å². The van der Waals surface area contributed by atoms with Gasteiger partial charge in [-0.05, 0) is 65.9 Å². The highest BCUT2D eigenvalue weighted by atomic mass is 32.2. The smallest absolute Gasteiger partial charge is 0.294 e. The third-order valence-electron chi connectivity index (χ3n) is 5.49. The Morgan fingerprint density at radius 1 is 1.00 bits per heavy atom. The Bertz CT molecular complexity index is 1560. The Balaban J connectivity index is 1.37. The van der Waals surface area contributed by atoms with E-state index in [9.17, 15) is 33.7 Å². The van der Waals surface area contributed by atoms with Crippen LogP contribution in [0.25, 0.3) is 6.08 Å². The number of imide groups is 1. The molecule has 4 amide bonds. The Morgan fingerprint density at radius 3 is 2.44 bits per heavy atom. The van der Waals surface area contributed by atoms with E-state index in [0.717, 1.165) is 17.0 Å². The monoisotopic (exact) mass is 580 g/mol. The van der Waals surface area contributed by atoms with Gasteiger partial charge in [-0.2, -0.15) is 0 Å². The average molecular weight is 581 g/mol. The summed E-state index contributed by atoms with van der Waals surface area (Å²) in [6.45, 7) is -0.939. The van der Waals surface area contributed by atoms with E-state index in [1.807, 2.05) is 0 Å². The summed E-state index contributed by atoms with van der Waals surface area (Å²) in [6.07, 6.45) is 1.45. The molecule has 1 saturated heterocycles. The van der Waals surface area contributed by atoms with Crippen molar-refractivity contribution in [2.24, 2.45) is 0 Å². The van der Waals surface area contributed by atoms with Gasteiger partial charge in [-0.25, -0.2) is 4.39 Å². The number of halogens is 1. The maximum atomic E-state index is 13.1. The minimum absolute atomic E-state index is 0.0802. The van der Waals surface area contributed by atoms with Crippen LogP contribution in [0.4, 0.5) is 26.2 Å². The van der Waals surface area contributed by atoms with Crippen LogP contribution < -0.4 is 20.1 Å². The minimum atomic E-state index is -0.661. The van der Waals surface area contributed by atoms with Crippen LogP contribution in [0.5, 0.6) is 11.5 Å². The van der Waals surface area contributed by atoms with E-state index < -0.39 is 46.9 Å². The Hall–Kier alpha value is -5.24. The molecule has 1 aliphatic rings. The van der Waals surface area contributed by atoms with Crippen LogP contribution in [-0.2, 0) is 14.4 Å². The SMILES string of the molecule is COc1cc(/C=C2\SC(=O)N(CC(=O)Nc3ccc(F)cc3)C2=O)ccc1OCC(=O)Nc1cccc([N+](=O)[O-])c1. The Kier molecular flexibility index (Phi) is 8.94. The number of nitrogens with zero attached hydrogens (tertiary/aromatic N) is 2. The van der Waals surface area contributed by atoms with Crippen LogP contribution >= 0.6 is 11.8 Å². The summed E-state index contributed by atoms with van der Waals surface area (Å²) in [6, 6.07) is 15.1. The molecule has 3 aromatic carbocycles. The molecule has 0 aromatic heterocycles.